The number of hydrogen-bond acceptors (Lipinski definition) is 4. The van der Waals surface area contributed by atoms with Crippen LogP contribution in [0.15, 0.2) is 24.3 Å². The highest BCUT2D eigenvalue weighted by molar-refractivity contribution is 5.78. The maximum absolute atomic E-state index is 12.0. The Morgan fingerprint density at radius 3 is 2.43 bits per heavy atom. The second-order valence-electron chi connectivity index (χ2n) is 5.27. The Kier molecular flexibility index (Phi) is 5.04. The number of benzene rings is 1. The van der Waals surface area contributed by atoms with Crippen LogP contribution in [0, 0.1) is 11.3 Å². The third-order valence-electron chi connectivity index (χ3n) is 3.73. The van der Waals surface area contributed by atoms with Gasteiger partial charge in [0.25, 0.3) is 5.91 Å². The van der Waals surface area contributed by atoms with Gasteiger partial charge in [-0.3, -0.25) is 4.79 Å². The molecule has 0 aliphatic heterocycles. The van der Waals surface area contributed by atoms with Crippen molar-refractivity contribution in [2.45, 2.75) is 37.6 Å². The predicted molar refractivity (Wildman–Crippen MR) is 78.1 cm³/mol. The Balaban J connectivity index is 1.85. The molecular weight excluding hydrogens is 268 g/mol. The fourth-order valence-corrected chi connectivity index (χ4v) is 2.54. The van der Waals surface area contributed by atoms with Crippen molar-refractivity contribution in [1.29, 1.82) is 5.26 Å². The Morgan fingerprint density at radius 2 is 1.86 bits per heavy atom. The molecule has 0 spiro atoms. The first-order chi connectivity index (χ1) is 10.2. The molecule has 2 rings (SSSR count). The van der Waals surface area contributed by atoms with E-state index in [1.807, 2.05) is 0 Å². The van der Waals surface area contributed by atoms with E-state index in [9.17, 15) is 10.1 Å². The van der Waals surface area contributed by atoms with Gasteiger partial charge in [0.1, 0.15) is 17.0 Å². The first-order valence-corrected chi connectivity index (χ1v) is 7.16. The van der Waals surface area contributed by atoms with E-state index in [1.165, 1.54) is 0 Å². The SMILES string of the molecule is COc1ccc(OCC(=O)NC2(C#N)CCCCC2)cc1. The molecule has 0 heterocycles. The number of nitrogens with zero attached hydrogens (tertiary/aromatic N) is 1. The minimum atomic E-state index is -0.710. The van der Waals surface area contributed by atoms with Crippen molar-refractivity contribution in [3.8, 4) is 17.6 Å². The lowest BCUT2D eigenvalue weighted by Gasteiger charge is -2.31. The molecule has 21 heavy (non-hydrogen) atoms. The fraction of sp³-hybridized carbons (Fsp3) is 0.500. The molecule has 5 heteroatoms. The van der Waals surface area contributed by atoms with Gasteiger partial charge in [0.2, 0.25) is 0 Å². The van der Waals surface area contributed by atoms with Gasteiger partial charge in [0.15, 0.2) is 6.61 Å². The topological polar surface area (TPSA) is 71.3 Å². The fourth-order valence-electron chi connectivity index (χ4n) is 2.54. The molecule has 1 aliphatic rings. The van der Waals surface area contributed by atoms with Crippen LogP contribution in [0.1, 0.15) is 32.1 Å². The van der Waals surface area contributed by atoms with Crippen molar-refractivity contribution >= 4 is 5.91 Å². The number of nitriles is 1. The molecule has 1 amide bonds. The van der Waals surface area contributed by atoms with Gasteiger partial charge in [-0.1, -0.05) is 19.3 Å². The summed E-state index contributed by atoms with van der Waals surface area (Å²) in [6.07, 6.45) is 4.53. The molecule has 0 radical (unpaired) electrons. The first-order valence-electron chi connectivity index (χ1n) is 7.16. The van der Waals surface area contributed by atoms with Gasteiger partial charge in [-0.25, -0.2) is 0 Å². The average Bonchev–Trinajstić information content (AvgIpc) is 2.54. The maximum Gasteiger partial charge on any atom is 0.259 e. The van der Waals surface area contributed by atoms with E-state index in [0.717, 1.165) is 37.9 Å². The van der Waals surface area contributed by atoms with Gasteiger partial charge in [-0.05, 0) is 37.1 Å². The van der Waals surface area contributed by atoms with Crippen LogP contribution in [0.25, 0.3) is 0 Å². The number of hydrogen-bond donors (Lipinski definition) is 1. The summed E-state index contributed by atoms with van der Waals surface area (Å²) >= 11 is 0. The van der Waals surface area contributed by atoms with Crippen LogP contribution in [-0.2, 0) is 4.79 Å². The number of amides is 1. The molecular formula is C16H20N2O3. The normalized spacial score (nSPS) is 16.6. The third-order valence-corrected chi connectivity index (χ3v) is 3.73. The van der Waals surface area contributed by atoms with Gasteiger partial charge >= 0.3 is 0 Å². The smallest absolute Gasteiger partial charge is 0.259 e. The van der Waals surface area contributed by atoms with Gasteiger partial charge < -0.3 is 14.8 Å². The average molecular weight is 288 g/mol. The monoisotopic (exact) mass is 288 g/mol. The van der Waals surface area contributed by atoms with Crippen LogP contribution >= 0.6 is 0 Å². The summed E-state index contributed by atoms with van der Waals surface area (Å²) < 4.78 is 10.5. The van der Waals surface area contributed by atoms with Crippen LogP contribution in [0.5, 0.6) is 11.5 Å². The Bertz CT molecular complexity index is 513. The van der Waals surface area contributed by atoms with Crippen molar-refractivity contribution in [2.24, 2.45) is 0 Å². The highest BCUT2D eigenvalue weighted by Gasteiger charge is 2.33. The highest BCUT2D eigenvalue weighted by Crippen LogP contribution is 2.27. The molecule has 1 aliphatic carbocycles. The number of ether oxygens (including phenoxy) is 2. The van der Waals surface area contributed by atoms with Crippen molar-refractivity contribution < 1.29 is 14.3 Å². The molecule has 0 saturated heterocycles. The molecule has 5 nitrogen and oxygen atoms in total. The zero-order chi connectivity index (χ0) is 15.1. The Hall–Kier alpha value is -2.22. The summed E-state index contributed by atoms with van der Waals surface area (Å²) in [6, 6.07) is 9.28. The molecule has 112 valence electrons. The van der Waals surface area contributed by atoms with Crippen molar-refractivity contribution in [2.75, 3.05) is 13.7 Å². The molecule has 1 aromatic carbocycles. The molecule has 1 fully saturated rings. The van der Waals surface area contributed by atoms with E-state index < -0.39 is 5.54 Å². The highest BCUT2D eigenvalue weighted by atomic mass is 16.5. The number of carbonyl (C=O) groups is 1. The van der Waals surface area contributed by atoms with E-state index in [1.54, 1.807) is 31.4 Å². The van der Waals surface area contributed by atoms with Crippen molar-refractivity contribution in [3.05, 3.63) is 24.3 Å². The van der Waals surface area contributed by atoms with E-state index >= 15 is 0 Å². The van der Waals surface area contributed by atoms with Crippen molar-refractivity contribution in [1.82, 2.24) is 5.32 Å². The standard InChI is InChI=1S/C16H20N2O3/c1-20-13-5-7-14(8-6-13)21-11-15(19)18-16(12-17)9-3-2-4-10-16/h5-8H,2-4,9-11H2,1H3,(H,18,19). The zero-order valence-corrected chi connectivity index (χ0v) is 12.2. The third kappa shape index (κ3) is 4.12. The molecule has 0 atom stereocenters. The lowest BCUT2D eigenvalue weighted by atomic mass is 9.83. The quantitative estimate of drug-likeness (QED) is 0.903. The predicted octanol–water partition coefficient (Wildman–Crippen LogP) is 2.42. The Morgan fingerprint density at radius 1 is 1.24 bits per heavy atom. The van der Waals surface area contributed by atoms with Gasteiger partial charge in [0, 0.05) is 0 Å². The Labute approximate surface area is 124 Å². The van der Waals surface area contributed by atoms with Crippen LogP contribution in [0.3, 0.4) is 0 Å². The number of rotatable bonds is 5. The van der Waals surface area contributed by atoms with Crippen molar-refractivity contribution in [3.63, 3.8) is 0 Å². The van der Waals surface area contributed by atoms with E-state index in [4.69, 9.17) is 9.47 Å². The van der Waals surface area contributed by atoms with Crippen LogP contribution in [0.2, 0.25) is 0 Å². The number of carbonyl (C=O) groups excluding carboxylic acids is 1. The van der Waals surface area contributed by atoms with Crippen LogP contribution in [0.4, 0.5) is 0 Å². The molecule has 0 bridgehead atoms. The second kappa shape index (κ2) is 6.98. The minimum Gasteiger partial charge on any atom is -0.497 e. The molecule has 1 aromatic rings. The summed E-state index contributed by atoms with van der Waals surface area (Å²) in [5.41, 5.74) is -0.710. The van der Waals surface area contributed by atoms with E-state index in [0.29, 0.717) is 5.75 Å². The molecule has 0 unspecified atom stereocenters. The largest absolute Gasteiger partial charge is 0.497 e. The van der Waals surface area contributed by atoms with Crippen LogP contribution < -0.4 is 14.8 Å². The molecule has 1 saturated carbocycles. The summed E-state index contributed by atoms with van der Waals surface area (Å²) in [4.78, 5) is 12.0. The summed E-state index contributed by atoms with van der Waals surface area (Å²) in [6.45, 7) is -0.0875. The van der Waals surface area contributed by atoms with E-state index in [-0.39, 0.29) is 12.5 Å². The zero-order valence-electron chi connectivity index (χ0n) is 12.2. The summed E-state index contributed by atoms with van der Waals surface area (Å²) in [5, 5.41) is 12.1. The lowest BCUT2D eigenvalue weighted by Crippen LogP contribution is -2.50. The van der Waals surface area contributed by atoms with Gasteiger partial charge in [0.05, 0.1) is 13.2 Å². The number of methoxy groups -OCH3 is 1. The molecule has 0 aromatic heterocycles. The first kappa shape index (κ1) is 15.2. The summed E-state index contributed by atoms with van der Waals surface area (Å²) in [5.74, 6) is 1.08. The van der Waals surface area contributed by atoms with E-state index in [2.05, 4.69) is 11.4 Å². The van der Waals surface area contributed by atoms with Gasteiger partial charge in [-0.15, -0.1) is 0 Å². The minimum absolute atomic E-state index is 0.0875. The maximum atomic E-state index is 12.0. The summed E-state index contributed by atoms with van der Waals surface area (Å²) in [7, 11) is 1.59. The second-order valence-corrected chi connectivity index (χ2v) is 5.27. The van der Waals surface area contributed by atoms with Gasteiger partial charge in [-0.2, -0.15) is 5.26 Å². The molecule has 1 N–H and O–H groups in total. The lowest BCUT2D eigenvalue weighted by molar-refractivity contribution is -0.124. The number of nitrogens with one attached hydrogen (secondary N) is 1. The van der Waals surface area contributed by atoms with Crippen LogP contribution in [-0.4, -0.2) is 25.2 Å².